The Bertz CT molecular complexity index is 448. The summed E-state index contributed by atoms with van der Waals surface area (Å²) in [5.41, 5.74) is 8.91. The van der Waals surface area contributed by atoms with E-state index in [1.807, 2.05) is 0 Å². The summed E-state index contributed by atoms with van der Waals surface area (Å²) in [5, 5.41) is 2.11. The fourth-order valence-corrected chi connectivity index (χ4v) is 2.80. The molecule has 0 saturated heterocycles. The lowest BCUT2D eigenvalue weighted by molar-refractivity contribution is 0.727. The van der Waals surface area contributed by atoms with Crippen LogP contribution in [0.4, 0.5) is 0 Å². The summed E-state index contributed by atoms with van der Waals surface area (Å²) >= 11 is 1.78. The molecule has 0 radical (unpaired) electrons. The largest absolute Gasteiger partial charge is 0.324 e. The molecule has 0 aliphatic carbocycles. The minimum atomic E-state index is 0.116. The maximum atomic E-state index is 6.26. The van der Waals surface area contributed by atoms with E-state index < -0.39 is 0 Å². The van der Waals surface area contributed by atoms with Crippen molar-refractivity contribution in [3.63, 3.8) is 0 Å². The lowest BCUT2D eigenvalue weighted by Crippen LogP contribution is -2.12. The van der Waals surface area contributed by atoms with E-state index in [2.05, 4.69) is 48.7 Å². The van der Waals surface area contributed by atoms with Crippen LogP contribution in [0.2, 0.25) is 0 Å². The predicted octanol–water partition coefficient (Wildman–Crippen LogP) is 3.94. The third-order valence-corrected chi connectivity index (χ3v) is 3.82. The van der Waals surface area contributed by atoms with Gasteiger partial charge in [-0.2, -0.15) is 0 Å². The zero-order valence-electron chi connectivity index (χ0n) is 10.2. The van der Waals surface area contributed by atoms with Crippen LogP contribution in [-0.2, 0) is 12.8 Å². The van der Waals surface area contributed by atoms with Crippen molar-refractivity contribution in [1.82, 2.24) is 0 Å². The van der Waals surface area contributed by atoms with Crippen molar-refractivity contribution in [2.45, 2.75) is 32.2 Å². The number of hydrogen-bond donors (Lipinski definition) is 1. The van der Waals surface area contributed by atoms with Crippen molar-refractivity contribution in [3.8, 4) is 0 Å². The van der Waals surface area contributed by atoms with Crippen molar-refractivity contribution >= 4 is 11.3 Å². The minimum Gasteiger partial charge on any atom is -0.324 e. The number of aryl methyl sites for hydroxylation is 1. The maximum absolute atomic E-state index is 6.26. The smallest absolute Gasteiger partial charge is 0.0343 e. The van der Waals surface area contributed by atoms with E-state index in [9.17, 15) is 0 Å². The summed E-state index contributed by atoms with van der Waals surface area (Å²) in [4.78, 5) is 1.36. The van der Waals surface area contributed by atoms with Gasteiger partial charge in [-0.15, -0.1) is 11.3 Å². The van der Waals surface area contributed by atoms with Gasteiger partial charge < -0.3 is 5.73 Å². The third kappa shape index (κ3) is 3.42. The highest BCUT2D eigenvalue weighted by Gasteiger charge is 2.08. The topological polar surface area (TPSA) is 26.0 Å². The van der Waals surface area contributed by atoms with E-state index in [1.165, 1.54) is 22.4 Å². The summed E-state index contributed by atoms with van der Waals surface area (Å²) in [5.74, 6) is 0. The Morgan fingerprint density at radius 1 is 1.24 bits per heavy atom. The number of benzene rings is 1. The summed E-state index contributed by atoms with van der Waals surface area (Å²) in [6.45, 7) is 2.21. The molecule has 2 aromatic rings. The molecule has 1 nitrogen and oxygen atoms in total. The fourth-order valence-electron chi connectivity index (χ4n) is 2.03. The van der Waals surface area contributed by atoms with Crippen molar-refractivity contribution in [3.05, 3.63) is 57.8 Å². The maximum Gasteiger partial charge on any atom is 0.0343 e. The molecule has 0 bridgehead atoms. The highest BCUT2D eigenvalue weighted by atomic mass is 32.1. The molecule has 1 unspecified atom stereocenters. The van der Waals surface area contributed by atoms with Crippen molar-refractivity contribution < 1.29 is 0 Å². The van der Waals surface area contributed by atoms with Gasteiger partial charge >= 0.3 is 0 Å². The van der Waals surface area contributed by atoms with Gasteiger partial charge in [0.2, 0.25) is 0 Å². The molecule has 0 spiro atoms. The van der Waals surface area contributed by atoms with Crippen LogP contribution in [0.25, 0.3) is 0 Å². The van der Waals surface area contributed by atoms with Crippen LogP contribution in [0.1, 0.15) is 35.4 Å². The van der Waals surface area contributed by atoms with Crippen molar-refractivity contribution in [2.75, 3.05) is 0 Å². The molecule has 2 rings (SSSR count). The number of hydrogen-bond acceptors (Lipinski definition) is 2. The second-order valence-corrected chi connectivity index (χ2v) is 5.42. The van der Waals surface area contributed by atoms with Crippen LogP contribution in [0, 0.1) is 0 Å². The summed E-state index contributed by atoms with van der Waals surface area (Å²) in [6.07, 6.45) is 3.26. The number of nitrogens with two attached hydrogens (primary N) is 1. The third-order valence-electron chi connectivity index (χ3n) is 2.92. The van der Waals surface area contributed by atoms with Crippen molar-refractivity contribution in [1.29, 1.82) is 0 Å². The van der Waals surface area contributed by atoms with E-state index in [4.69, 9.17) is 5.73 Å². The molecule has 17 heavy (non-hydrogen) atoms. The first-order valence-corrected chi connectivity index (χ1v) is 7.04. The lowest BCUT2D eigenvalue weighted by Gasteiger charge is -2.12. The Morgan fingerprint density at radius 2 is 2.12 bits per heavy atom. The van der Waals surface area contributed by atoms with Gasteiger partial charge in [0.1, 0.15) is 0 Å². The molecule has 0 amide bonds. The average molecular weight is 245 g/mol. The molecule has 1 heterocycles. The number of thiophene rings is 1. The van der Waals surface area contributed by atoms with Crippen LogP contribution < -0.4 is 5.73 Å². The second kappa shape index (κ2) is 5.99. The van der Waals surface area contributed by atoms with Crippen LogP contribution in [0.15, 0.2) is 41.8 Å². The van der Waals surface area contributed by atoms with Crippen LogP contribution in [0.5, 0.6) is 0 Å². The van der Waals surface area contributed by atoms with Gasteiger partial charge in [0.15, 0.2) is 0 Å². The first-order chi connectivity index (χ1) is 8.29. The first-order valence-electron chi connectivity index (χ1n) is 6.16. The molecular weight excluding hydrogens is 226 g/mol. The second-order valence-electron chi connectivity index (χ2n) is 4.39. The van der Waals surface area contributed by atoms with Gasteiger partial charge in [-0.3, -0.25) is 0 Å². The van der Waals surface area contributed by atoms with Crippen LogP contribution >= 0.6 is 11.3 Å². The highest BCUT2D eigenvalue weighted by Crippen LogP contribution is 2.20. The Balaban J connectivity index is 2.07. The summed E-state index contributed by atoms with van der Waals surface area (Å²) in [7, 11) is 0. The Labute approximate surface area is 107 Å². The van der Waals surface area contributed by atoms with Gasteiger partial charge in [0.05, 0.1) is 0 Å². The minimum absolute atomic E-state index is 0.116. The molecule has 1 aromatic heterocycles. The van der Waals surface area contributed by atoms with E-state index in [0.29, 0.717) is 0 Å². The molecule has 2 N–H and O–H groups in total. The molecule has 1 aromatic carbocycles. The van der Waals surface area contributed by atoms with Crippen LogP contribution in [0.3, 0.4) is 0 Å². The molecular formula is C15H19NS. The van der Waals surface area contributed by atoms with Gasteiger partial charge in [0.25, 0.3) is 0 Å². The molecule has 0 fully saturated rings. The van der Waals surface area contributed by atoms with Gasteiger partial charge in [-0.05, 0) is 29.0 Å². The van der Waals surface area contributed by atoms with Gasteiger partial charge in [-0.1, -0.05) is 43.7 Å². The molecule has 2 heteroatoms. The standard InChI is InChI=1S/C15H19NS/c1-2-5-12-6-3-7-13(10-12)15(16)11-14-8-4-9-17-14/h3-4,6-10,15H,2,5,11,16H2,1H3. The predicted molar refractivity (Wildman–Crippen MR) is 75.4 cm³/mol. The van der Waals surface area contributed by atoms with Crippen LogP contribution in [-0.4, -0.2) is 0 Å². The Hall–Kier alpha value is -1.12. The zero-order valence-corrected chi connectivity index (χ0v) is 11.0. The lowest BCUT2D eigenvalue weighted by atomic mass is 10.00. The number of rotatable bonds is 5. The first kappa shape index (κ1) is 12.3. The van der Waals surface area contributed by atoms with E-state index >= 15 is 0 Å². The molecule has 0 aliphatic rings. The summed E-state index contributed by atoms with van der Waals surface area (Å²) in [6, 6.07) is 13.0. The van der Waals surface area contributed by atoms with Gasteiger partial charge in [-0.25, -0.2) is 0 Å². The molecule has 0 saturated carbocycles. The highest BCUT2D eigenvalue weighted by molar-refractivity contribution is 7.09. The van der Waals surface area contributed by atoms with Crippen molar-refractivity contribution in [2.24, 2.45) is 5.73 Å². The van der Waals surface area contributed by atoms with E-state index in [0.717, 1.165) is 12.8 Å². The average Bonchev–Trinajstić information content (AvgIpc) is 2.83. The van der Waals surface area contributed by atoms with E-state index in [-0.39, 0.29) is 6.04 Å². The molecule has 90 valence electrons. The Morgan fingerprint density at radius 3 is 2.82 bits per heavy atom. The molecule has 1 atom stereocenters. The SMILES string of the molecule is CCCc1cccc(C(N)Cc2cccs2)c1. The van der Waals surface area contributed by atoms with Gasteiger partial charge in [0, 0.05) is 17.3 Å². The Kier molecular flexibility index (Phi) is 4.35. The van der Waals surface area contributed by atoms with E-state index in [1.54, 1.807) is 11.3 Å². The quantitative estimate of drug-likeness (QED) is 0.848. The fraction of sp³-hybridized carbons (Fsp3) is 0.333. The normalized spacial score (nSPS) is 12.6. The zero-order chi connectivity index (χ0) is 12.1. The molecule has 0 aliphatic heterocycles. The monoisotopic (exact) mass is 245 g/mol. The summed E-state index contributed by atoms with van der Waals surface area (Å²) < 4.78 is 0.